The molecule has 0 saturated heterocycles. The van der Waals surface area contributed by atoms with Gasteiger partial charge in [-0.05, 0) is 31.7 Å². The van der Waals surface area contributed by atoms with Crippen LogP contribution >= 0.6 is 15.9 Å². The first-order chi connectivity index (χ1) is 6.15. The van der Waals surface area contributed by atoms with Crippen LogP contribution < -0.4 is 5.32 Å². The van der Waals surface area contributed by atoms with E-state index >= 15 is 0 Å². The first kappa shape index (κ1) is 10.5. The van der Waals surface area contributed by atoms with Crippen LogP contribution in [0, 0.1) is 0 Å². The summed E-state index contributed by atoms with van der Waals surface area (Å²) in [6, 6.07) is 8.54. The molecule has 1 atom stereocenters. The van der Waals surface area contributed by atoms with Crippen molar-refractivity contribution in [2.45, 2.75) is 13.0 Å². The van der Waals surface area contributed by atoms with Crippen molar-refractivity contribution >= 4 is 15.9 Å². The Balaban J connectivity index is 2.92. The minimum absolute atomic E-state index is 0.257. The second kappa shape index (κ2) is 4.58. The topological polar surface area (TPSA) is 12.0 Å². The Bertz CT molecular complexity index is 289. The second-order valence-electron chi connectivity index (χ2n) is 3.12. The van der Waals surface area contributed by atoms with Gasteiger partial charge >= 0.3 is 0 Å². The van der Waals surface area contributed by atoms with E-state index < -0.39 is 0 Å². The molecule has 13 heavy (non-hydrogen) atoms. The molecule has 0 bridgehead atoms. The van der Waals surface area contributed by atoms with Crippen LogP contribution in [0.15, 0.2) is 40.9 Å². The fraction of sp³-hybridized carbons (Fsp3) is 0.273. The summed E-state index contributed by atoms with van der Waals surface area (Å²) in [6.45, 7) is 5.98. The van der Waals surface area contributed by atoms with Crippen molar-refractivity contribution in [3.05, 3.63) is 46.5 Å². The highest BCUT2D eigenvalue weighted by atomic mass is 79.9. The van der Waals surface area contributed by atoms with Crippen molar-refractivity contribution in [1.29, 1.82) is 0 Å². The standard InChI is InChI=1S/C11H14BrN/c1-8(2)11(13-3)9-4-6-10(12)7-5-9/h4-7,11,13H,1H2,2-3H3. The van der Waals surface area contributed by atoms with Crippen LogP contribution in [-0.2, 0) is 0 Å². The smallest absolute Gasteiger partial charge is 0.0528 e. The molecule has 2 heteroatoms. The van der Waals surface area contributed by atoms with Crippen molar-refractivity contribution in [3.8, 4) is 0 Å². The normalized spacial score (nSPS) is 12.5. The zero-order valence-corrected chi connectivity index (χ0v) is 9.56. The predicted octanol–water partition coefficient (Wildman–Crippen LogP) is 3.29. The maximum atomic E-state index is 3.95. The number of hydrogen-bond acceptors (Lipinski definition) is 1. The highest BCUT2D eigenvalue weighted by molar-refractivity contribution is 9.10. The van der Waals surface area contributed by atoms with Gasteiger partial charge < -0.3 is 5.32 Å². The van der Waals surface area contributed by atoms with Crippen LogP contribution in [0.1, 0.15) is 18.5 Å². The lowest BCUT2D eigenvalue weighted by Crippen LogP contribution is -2.16. The van der Waals surface area contributed by atoms with E-state index in [1.54, 1.807) is 0 Å². The quantitative estimate of drug-likeness (QED) is 0.799. The van der Waals surface area contributed by atoms with Gasteiger partial charge in [-0.25, -0.2) is 0 Å². The van der Waals surface area contributed by atoms with Crippen LogP contribution in [0.2, 0.25) is 0 Å². The molecule has 1 N–H and O–H groups in total. The number of likely N-dealkylation sites (N-methyl/N-ethyl adjacent to an activating group) is 1. The summed E-state index contributed by atoms with van der Waals surface area (Å²) in [5.41, 5.74) is 2.38. The molecule has 0 aliphatic carbocycles. The molecule has 0 aliphatic heterocycles. The van der Waals surface area contributed by atoms with Crippen LogP contribution in [0.4, 0.5) is 0 Å². The van der Waals surface area contributed by atoms with E-state index in [9.17, 15) is 0 Å². The molecule has 0 heterocycles. The average Bonchev–Trinajstić information content (AvgIpc) is 2.09. The SMILES string of the molecule is C=C(C)C(NC)c1ccc(Br)cc1. The molecule has 0 aliphatic rings. The highest BCUT2D eigenvalue weighted by Gasteiger charge is 2.08. The molecule has 0 radical (unpaired) electrons. The average molecular weight is 240 g/mol. The van der Waals surface area contributed by atoms with Gasteiger partial charge in [0.25, 0.3) is 0 Å². The van der Waals surface area contributed by atoms with Gasteiger partial charge in [0.05, 0.1) is 6.04 Å². The zero-order chi connectivity index (χ0) is 9.84. The van der Waals surface area contributed by atoms with Gasteiger partial charge in [-0.2, -0.15) is 0 Å². The molecular weight excluding hydrogens is 226 g/mol. The van der Waals surface area contributed by atoms with Crippen LogP contribution in [0.3, 0.4) is 0 Å². The predicted molar refractivity (Wildman–Crippen MR) is 60.8 cm³/mol. The van der Waals surface area contributed by atoms with Gasteiger partial charge in [0.15, 0.2) is 0 Å². The Labute approximate surface area is 88.0 Å². The van der Waals surface area contributed by atoms with Crippen molar-refractivity contribution in [2.24, 2.45) is 0 Å². The first-order valence-corrected chi connectivity index (χ1v) is 5.02. The third-order valence-electron chi connectivity index (χ3n) is 1.98. The van der Waals surface area contributed by atoms with Gasteiger partial charge in [-0.3, -0.25) is 0 Å². The Morgan fingerprint density at radius 2 is 1.92 bits per heavy atom. The van der Waals surface area contributed by atoms with Gasteiger partial charge in [-0.15, -0.1) is 0 Å². The van der Waals surface area contributed by atoms with E-state index in [-0.39, 0.29) is 6.04 Å². The van der Waals surface area contributed by atoms with E-state index in [0.717, 1.165) is 10.0 Å². The van der Waals surface area contributed by atoms with Crippen LogP contribution in [0.5, 0.6) is 0 Å². The lowest BCUT2D eigenvalue weighted by molar-refractivity contribution is 0.680. The second-order valence-corrected chi connectivity index (χ2v) is 4.04. The summed E-state index contributed by atoms with van der Waals surface area (Å²) < 4.78 is 1.10. The van der Waals surface area contributed by atoms with Crippen molar-refractivity contribution in [2.75, 3.05) is 7.05 Å². The minimum atomic E-state index is 0.257. The zero-order valence-electron chi connectivity index (χ0n) is 7.97. The molecule has 0 saturated carbocycles. The van der Waals surface area contributed by atoms with Gasteiger partial charge in [0.2, 0.25) is 0 Å². The van der Waals surface area contributed by atoms with E-state index in [1.165, 1.54) is 5.56 Å². The molecule has 0 aromatic heterocycles. The molecule has 1 nitrogen and oxygen atoms in total. The molecule has 1 rings (SSSR count). The molecule has 0 fully saturated rings. The molecule has 1 aromatic carbocycles. The first-order valence-electron chi connectivity index (χ1n) is 4.23. The summed E-state index contributed by atoms with van der Waals surface area (Å²) in [4.78, 5) is 0. The molecule has 70 valence electrons. The number of benzene rings is 1. The summed E-state index contributed by atoms with van der Waals surface area (Å²) in [5, 5.41) is 3.22. The van der Waals surface area contributed by atoms with Crippen LogP contribution in [-0.4, -0.2) is 7.05 Å². The number of rotatable bonds is 3. The fourth-order valence-corrected chi connectivity index (χ4v) is 1.62. The summed E-state index contributed by atoms with van der Waals surface area (Å²) >= 11 is 3.41. The molecule has 0 amide bonds. The van der Waals surface area contributed by atoms with Crippen molar-refractivity contribution in [1.82, 2.24) is 5.32 Å². The van der Waals surface area contributed by atoms with E-state index in [1.807, 2.05) is 26.1 Å². The molecular formula is C11H14BrN. The van der Waals surface area contributed by atoms with Crippen LogP contribution in [0.25, 0.3) is 0 Å². The Hall–Kier alpha value is -0.600. The maximum absolute atomic E-state index is 3.95. The maximum Gasteiger partial charge on any atom is 0.0528 e. The third kappa shape index (κ3) is 2.68. The van der Waals surface area contributed by atoms with Crippen molar-refractivity contribution in [3.63, 3.8) is 0 Å². The van der Waals surface area contributed by atoms with Gasteiger partial charge in [-0.1, -0.05) is 40.2 Å². The summed E-state index contributed by atoms with van der Waals surface area (Å²) in [6.07, 6.45) is 0. The molecule has 1 unspecified atom stereocenters. The summed E-state index contributed by atoms with van der Waals surface area (Å²) in [5.74, 6) is 0. The number of hydrogen-bond donors (Lipinski definition) is 1. The number of nitrogens with one attached hydrogen (secondary N) is 1. The minimum Gasteiger partial charge on any atom is -0.310 e. The van der Waals surface area contributed by atoms with Crippen molar-refractivity contribution < 1.29 is 0 Å². The van der Waals surface area contributed by atoms with E-state index in [4.69, 9.17) is 0 Å². The Morgan fingerprint density at radius 1 is 1.38 bits per heavy atom. The molecule has 1 aromatic rings. The fourth-order valence-electron chi connectivity index (χ4n) is 1.35. The lowest BCUT2D eigenvalue weighted by atomic mass is 10.0. The van der Waals surface area contributed by atoms with Gasteiger partial charge in [0, 0.05) is 4.47 Å². The number of halogens is 1. The van der Waals surface area contributed by atoms with Gasteiger partial charge in [0.1, 0.15) is 0 Å². The Morgan fingerprint density at radius 3 is 2.31 bits per heavy atom. The largest absolute Gasteiger partial charge is 0.310 e. The monoisotopic (exact) mass is 239 g/mol. The third-order valence-corrected chi connectivity index (χ3v) is 2.51. The molecule has 0 spiro atoms. The van der Waals surface area contributed by atoms with E-state index in [2.05, 4.69) is 40.0 Å². The lowest BCUT2D eigenvalue weighted by Gasteiger charge is -2.16. The van der Waals surface area contributed by atoms with E-state index in [0.29, 0.717) is 0 Å². The summed E-state index contributed by atoms with van der Waals surface area (Å²) in [7, 11) is 1.95. The highest BCUT2D eigenvalue weighted by Crippen LogP contribution is 2.21. The Kier molecular flexibility index (Phi) is 3.70.